The van der Waals surface area contributed by atoms with Gasteiger partial charge < -0.3 is 10.6 Å². The van der Waals surface area contributed by atoms with E-state index in [2.05, 4.69) is 0 Å². The van der Waals surface area contributed by atoms with Crippen LogP contribution in [0.25, 0.3) is 0 Å². The molecule has 0 amide bonds. The highest BCUT2D eigenvalue weighted by atomic mass is 32.2. The molecule has 0 radical (unpaired) electrons. The second-order valence-corrected chi connectivity index (χ2v) is 6.67. The van der Waals surface area contributed by atoms with Gasteiger partial charge in [0.15, 0.2) is 0 Å². The molecular weight excluding hydrogens is 286 g/mol. The Morgan fingerprint density at radius 3 is 2.24 bits per heavy atom. The third-order valence-electron chi connectivity index (χ3n) is 3.10. The minimum atomic E-state index is -3.71. The number of nitrogens with two attached hydrogens (primary N) is 1. The van der Waals surface area contributed by atoms with Crippen LogP contribution in [0.5, 0.6) is 0 Å². The SMILES string of the molecule is CN(C)c1ccc(N)c(S(=O)(=O)c2ccc(C#N)cc2)c1. The number of nitrogens with zero attached hydrogens (tertiary/aromatic N) is 2. The quantitative estimate of drug-likeness (QED) is 0.877. The highest BCUT2D eigenvalue weighted by Crippen LogP contribution is 2.29. The third kappa shape index (κ3) is 2.83. The fourth-order valence-electron chi connectivity index (χ4n) is 1.87. The lowest BCUT2D eigenvalue weighted by atomic mass is 10.2. The van der Waals surface area contributed by atoms with Crippen molar-refractivity contribution in [3.8, 4) is 6.07 Å². The third-order valence-corrected chi connectivity index (χ3v) is 4.92. The molecule has 0 unspecified atom stereocenters. The van der Waals surface area contributed by atoms with E-state index >= 15 is 0 Å². The topological polar surface area (TPSA) is 87.2 Å². The molecule has 0 aromatic heterocycles. The van der Waals surface area contributed by atoms with Crippen molar-refractivity contribution in [1.82, 2.24) is 0 Å². The van der Waals surface area contributed by atoms with Gasteiger partial charge in [0.25, 0.3) is 0 Å². The Hall–Kier alpha value is -2.52. The molecule has 0 saturated heterocycles. The first kappa shape index (κ1) is 14.9. The lowest BCUT2D eigenvalue weighted by molar-refractivity contribution is 0.596. The summed E-state index contributed by atoms with van der Waals surface area (Å²) in [5.74, 6) is 0. The molecule has 21 heavy (non-hydrogen) atoms. The number of rotatable bonds is 3. The number of sulfone groups is 1. The first-order chi connectivity index (χ1) is 9.86. The lowest BCUT2D eigenvalue weighted by Crippen LogP contribution is -2.11. The van der Waals surface area contributed by atoms with E-state index in [1.54, 1.807) is 23.1 Å². The van der Waals surface area contributed by atoms with E-state index in [0.717, 1.165) is 5.69 Å². The molecule has 0 heterocycles. The van der Waals surface area contributed by atoms with Crippen molar-refractivity contribution in [2.75, 3.05) is 24.7 Å². The molecule has 0 fully saturated rings. The number of hydrogen-bond donors (Lipinski definition) is 1. The maximum atomic E-state index is 12.6. The molecule has 5 nitrogen and oxygen atoms in total. The lowest BCUT2D eigenvalue weighted by Gasteiger charge is -2.15. The monoisotopic (exact) mass is 301 g/mol. The Labute approximate surface area is 124 Å². The zero-order chi connectivity index (χ0) is 15.6. The fraction of sp³-hybridized carbons (Fsp3) is 0.133. The maximum Gasteiger partial charge on any atom is 0.208 e. The number of nitriles is 1. The molecule has 2 rings (SSSR count). The summed E-state index contributed by atoms with van der Waals surface area (Å²) < 4.78 is 25.3. The smallest absolute Gasteiger partial charge is 0.208 e. The largest absolute Gasteiger partial charge is 0.398 e. The Morgan fingerprint density at radius 2 is 1.71 bits per heavy atom. The van der Waals surface area contributed by atoms with Crippen LogP contribution in [-0.2, 0) is 9.84 Å². The second kappa shape index (κ2) is 5.46. The summed E-state index contributed by atoms with van der Waals surface area (Å²) in [6.07, 6.45) is 0. The fourth-order valence-corrected chi connectivity index (χ4v) is 3.27. The van der Waals surface area contributed by atoms with Crippen molar-refractivity contribution in [2.24, 2.45) is 0 Å². The number of nitrogen functional groups attached to an aromatic ring is 1. The molecule has 0 saturated carbocycles. The van der Waals surface area contributed by atoms with Gasteiger partial charge in [0, 0.05) is 19.8 Å². The summed E-state index contributed by atoms with van der Waals surface area (Å²) >= 11 is 0. The van der Waals surface area contributed by atoms with Crippen LogP contribution in [0, 0.1) is 11.3 Å². The van der Waals surface area contributed by atoms with Gasteiger partial charge in [0.2, 0.25) is 9.84 Å². The van der Waals surface area contributed by atoms with Crippen LogP contribution in [0.2, 0.25) is 0 Å². The second-order valence-electron chi connectivity index (χ2n) is 4.76. The van der Waals surface area contributed by atoms with Gasteiger partial charge in [-0.15, -0.1) is 0 Å². The molecule has 0 aliphatic carbocycles. The number of hydrogen-bond acceptors (Lipinski definition) is 5. The summed E-state index contributed by atoms with van der Waals surface area (Å²) in [6, 6.07) is 12.6. The summed E-state index contributed by atoms with van der Waals surface area (Å²) in [7, 11) is -0.0656. The molecule has 108 valence electrons. The Bertz CT molecular complexity index is 804. The zero-order valence-electron chi connectivity index (χ0n) is 11.7. The number of benzene rings is 2. The van der Waals surface area contributed by atoms with Gasteiger partial charge in [-0.3, -0.25) is 0 Å². The number of anilines is 2. The predicted octanol–water partition coefficient (Wildman–Crippen LogP) is 2.04. The standard InChI is InChI=1S/C15H15N3O2S/c1-18(2)12-5-8-14(17)15(9-12)21(19,20)13-6-3-11(10-16)4-7-13/h3-9H,17H2,1-2H3. The molecule has 2 aromatic carbocycles. The van der Waals surface area contributed by atoms with Crippen LogP contribution in [-0.4, -0.2) is 22.5 Å². The average Bonchev–Trinajstić information content (AvgIpc) is 2.47. The van der Waals surface area contributed by atoms with Crippen molar-refractivity contribution >= 4 is 21.2 Å². The van der Waals surface area contributed by atoms with E-state index in [-0.39, 0.29) is 15.5 Å². The first-order valence-corrected chi connectivity index (χ1v) is 7.66. The van der Waals surface area contributed by atoms with Crippen LogP contribution in [0.3, 0.4) is 0 Å². The van der Waals surface area contributed by atoms with Crippen LogP contribution in [0.1, 0.15) is 5.56 Å². The van der Waals surface area contributed by atoms with E-state index in [4.69, 9.17) is 11.0 Å². The van der Waals surface area contributed by atoms with Crippen LogP contribution in [0.4, 0.5) is 11.4 Å². The van der Waals surface area contributed by atoms with Gasteiger partial charge >= 0.3 is 0 Å². The highest BCUT2D eigenvalue weighted by molar-refractivity contribution is 7.91. The van der Waals surface area contributed by atoms with E-state index in [1.807, 2.05) is 20.2 Å². The van der Waals surface area contributed by atoms with Gasteiger partial charge in [0.05, 0.1) is 27.1 Å². The molecule has 6 heteroatoms. The Balaban J connectivity index is 2.58. The minimum Gasteiger partial charge on any atom is -0.398 e. The summed E-state index contributed by atoms with van der Waals surface area (Å²) in [5, 5.41) is 8.76. The van der Waals surface area contributed by atoms with Crippen molar-refractivity contribution in [3.05, 3.63) is 48.0 Å². The van der Waals surface area contributed by atoms with Crippen molar-refractivity contribution in [3.63, 3.8) is 0 Å². The average molecular weight is 301 g/mol. The molecule has 0 aliphatic heterocycles. The summed E-state index contributed by atoms with van der Waals surface area (Å²) in [4.78, 5) is 1.99. The summed E-state index contributed by atoms with van der Waals surface area (Å²) in [6.45, 7) is 0. The van der Waals surface area contributed by atoms with Crippen molar-refractivity contribution in [2.45, 2.75) is 9.79 Å². The zero-order valence-corrected chi connectivity index (χ0v) is 12.6. The van der Waals surface area contributed by atoms with Gasteiger partial charge in [-0.25, -0.2) is 8.42 Å². The van der Waals surface area contributed by atoms with Gasteiger partial charge in [-0.2, -0.15) is 5.26 Å². The minimum absolute atomic E-state index is 0.0680. The Kier molecular flexibility index (Phi) is 3.87. The first-order valence-electron chi connectivity index (χ1n) is 6.18. The molecular formula is C15H15N3O2S. The molecule has 0 atom stereocenters. The van der Waals surface area contributed by atoms with E-state index in [1.165, 1.54) is 24.3 Å². The van der Waals surface area contributed by atoms with Gasteiger partial charge in [0.1, 0.15) is 0 Å². The molecule has 0 aliphatic rings. The van der Waals surface area contributed by atoms with Crippen LogP contribution in [0.15, 0.2) is 52.3 Å². The predicted molar refractivity (Wildman–Crippen MR) is 81.8 cm³/mol. The van der Waals surface area contributed by atoms with E-state index < -0.39 is 9.84 Å². The molecule has 0 bridgehead atoms. The van der Waals surface area contributed by atoms with E-state index in [0.29, 0.717) is 5.56 Å². The normalized spacial score (nSPS) is 10.9. The van der Waals surface area contributed by atoms with Crippen molar-refractivity contribution < 1.29 is 8.42 Å². The Morgan fingerprint density at radius 1 is 1.10 bits per heavy atom. The van der Waals surface area contributed by atoms with Gasteiger partial charge in [-0.05, 0) is 42.5 Å². The van der Waals surface area contributed by atoms with Crippen molar-refractivity contribution in [1.29, 1.82) is 5.26 Å². The molecule has 0 spiro atoms. The summed E-state index contributed by atoms with van der Waals surface area (Å²) in [5.41, 5.74) is 7.17. The van der Waals surface area contributed by atoms with E-state index in [9.17, 15) is 8.42 Å². The highest BCUT2D eigenvalue weighted by Gasteiger charge is 2.21. The molecule has 2 aromatic rings. The van der Waals surface area contributed by atoms with Crippen LogP contribution >= 0.6 is 0 Å². The van der Waals surface area contributed by atoms with Crippen LogP contribution < -0.4 is 10.6 Å². The molecule has 2 N–H and O–H groups in total. The maximum absolute atomic E-state index is 12.6. The van der Waals surface area contributed by atoms with Gasteiger partial charge in [-0.1, -0.05) is 0 Å².